The zero-order valence-electron chi connectivity index (χ0n) is 14.6. The van der Waals surface area contributed by atoms with Crippen LogP contribution in [0.25, 0.3) is 0 Å². The van der Waals surface area contributed by atoms with Crippen molar-refractivity contribution in [3.63, 3.8) is 0 Å². The molecule has 134 valence electrons. The van der Waals surface area contributed by atoms with Gasteiger partial charge in [-0.25, -0.2) is 4.79 Å². The van der Waals surface area contributed by atoms with Gasteiger partial charge in [0.25, 0.3) is 0 Å². The number of hydrogen-bond donors (Lipinski definition) is 3. The standard InChI is InChI=1S/C10H18.C5H7NO5.C2H6/c1-9-5-3-4-6-10(2)8-7-9;7-2-6-3(5(10)11)1-4(8)9;1-2/h3,5,9-10H,4,6-8H2,1-2H3;2-3H,1H2,(H,6,7)(H,8,9)(H,10,11);1-2H3/b5-3+;;. The topological polar surface area (TPSA) is 104 Å². The maximum atomic E-state index is 10.1. The Balaban J connectivity index is 0. The molecule has 0 spiro atoms. The molecule has 1 aliphatic rings. The minimum atomic E-state index is -1.36. The molecule has 0 bridgehead atoms. The number of carboxylic acids is 2. The van der Waals surface area contributed by atoms with Crippen molar-refractivity contribution >= 4 is 18.3 Å². The summed E-state index contributed by atoms with van der Waals surface area (Å²) in [6, 6.07) is -1.34. The highest BCUT2D eigenvalue weighted by Gasteiger charge is 2.19. The van der Waals surface area contributed by atoms with Crippen LogP contribution in [-0.4, -0.2) is 34.6 Å². The van der Waals surface area contributed by atoms with E-state index in [-0.39, 0.29) is 6.41 Å². The molecule has 6 heteroatoms. The molecule has 0 aromatic heterocycles. The summed E-state index contributed by atoms with van der Waals surface area (Å²) in [5.41, 5.74) is 0. The lowest BCUT2D eigenvalue weighted by atomic mass is 9.91. The second-order valence-electron chi connectivity index (χ2n) is 5.44. The van der Waals surface area contributed by atoms with Gasteiger partial charge in [0.05, 0.1) is 6.42 Å². The molecule has 0 aromatic rings. The molecule has 3 unspecified atom stereocenters. The van der Waals surface area contributed by atoms with Crippen LogP contribution in [0.4, 0.5) is 0 Å². The Kier molecular flexibility index (Phi) is 15.3. The third-order valence-corrected chi connectivity index (χ3v) is 3.35. The molecular formula is C17H31NO5. The number of allylic oxidation sites excluding steroid dienone is 2. The van der Waals surface area contributed by atoms with Crippen LogP contribution >= 0.6 is 0 Å². The van der Waals surface area contributed by atoms with Crippen LogP contribution in [0.2, 0.25) is 0 Å². The molecule has 0 saturated heterocycles. The number of aliphatic carboxylic acids is 2. The highest BCUT2D eigenvalue weighted by molar-refractivity contribution is 5.82. The average Bonchev–Trinajstić information content (AvgIpc) is 2.49. The van der Waals surface area contributed by atoms with Gasteiger partial charge in [0.1, 0.15) is 6.04 Å². The first kappa shape index (κ1) is 23.4. The predicted molar refractivity (Wildman–Crippen MR) is 90.2 cm³/mol. The van der Waals surface area contributed by atoms with Crippen molar-refractivity contribution < 1.29 is 24.6 Å². The predicted octanol–water partition coefficient (Wildman–Crippen LogP) is 3.08. The minimum Gasteiger partial charge on any atom is -0.481 e. The number of carbonyl (C=O) groups is 3. The van der Waals surface area contributed by atoms with Gasteiger partial charge < -0.3 is 15.5 Å². The first-order chi connectivity index (χ1) is 10.9. The van der Waals surface area contributed by atoms with Crippen LogP contribution in [0, 0.1) is 11.8 Å². The van der Waals surface area contributed by atoms with Crippen LogP contribution in [0.5, 0.6) is 0 Å². The van der Waals surface area contributed by atoms with Gasteiger partial charge in [-0.15, -0.1) is 0 Å². The Labute approximate surface area is 139 Å². The molecule has 1 aliphatic carbocycles. The molecule has 0 radical (unpaired) electrons. The number of amides is 1. The van der Waals surface area contributed by atoms with Gasteiger partial charge in [-0.2, -0.15) is 0 Å². The summed E-state index contributed by atoms with van der Waals surface area (Å²) < 4.78 is 0. The molecule has 23 heavy (non-hydrogen) atoms. The fourth-order valence-corrected chi connectivity index (χ4v) is 1.97. The zero-order chi connectivity index (χ0) is 18.3. The van der Waals surface area contributed by atoms with Crippen molar-refractivity contribution in [2.75, 3.05) is 0 Å². The van der Waals surface area contributed by atoms with Gasteiger partial charge in [-0.3, -0.25) is 9.59 Å². The Bertz CT molecular complexity index is 368. The smallest absolute Gasteiger partial charge is 0.326 e. The maximum absolute atomic E-state index is 10.1. The largest absolute Gasteiger partial charge is 0.481 e. The second kappa shape index (κ2) is 15.1. The van der Waals surface area contributed by atoms with Crippen LogP contribution in [0.1, 0.15) is 59.8 Å². The first-order valence-electron chi connectivity index (χ1n) is 8.17. The fourth-order valence-electron chi connectivity index (χ4n) is 1.97. The van der Waals surface area contributed by atoms with Gasteiger partial charge >= 0.3 is 11.9 Å². The third kappa shape index (κ3) is 14.8. The lowest BCUT2D eigenvalue weighted by Gasteiger charge is -2.15. The van der Waals surface area contributed by atoms with Gasteiger partial charge in [0, 0.05) is 0 Å². The molecule has 6 nitrogen and oxygen atoms in total. The molecule has 1 rings (SSSR count). The molecule has 0 aliphatic heterocycles. The number of rotatable bonds is 5. The van der Waals surface area contributed by atoms with E-state index in [1.54, 1.807) is 0 Å². The second-order valence-corrected chi connectivity index (χ2v) is 5.44. The summed E-state index contributed by atoms with van der Waals surface area (Å²) in [7, 11) is 0. The number of carboxylic acid groups (broad SMARTS) is 2. The van der Waals surface area contributed by atoms with Crippen molar-refractivity contribution in [3.8, 4) is 0 Å². The van der Waals surface area contributed by atoms with Crippen molar-refractivity contribution in [1.82, 2.24) is 5.32 Å². The van der Waals surface area contributed by atoms with E-state index >= 15 is 0 Å². The van der Waals surface area contributed by atoms with E-state index in [2.05, 4.69) is 26.0 Å². The lowest BCUT2D eigenvalue weighted by Crippen LogP contribution is -2.37. The summed E-state index contributed by atoms with van der Waals surface area (Å²) in [6.45, 7) is 8.68. The third-order valence-electron chi connectivity index (χ3n) is 3.35. The van der Waals surface area contributed by atoms with E-state index in [0.29, 0.717) is 0 Å². The van der Waals surface area contributed by atoms with E-state index in [1.165, 1.54) is 25.7 Å². The Morgan fingerprint density at radius 2 is 1.83 bits per heavy atom. The molecule has 0 fully saturated rings. The van der Waals surface area contributed by atoms with E-state index in [4.69, 9.17) is 10.2 Å². The molecule has 3 N–H and O–H groups in total. The van der Waals surface area contributed by atoms with Crippen LogP contribution in [-0.2, 0) is 14.4 Å². The Hall–Kier alpha value is -1.85. The fraction of sp³-hybridized carbons (Fsp3) is 0.706. The SMILES string of the molecule is CC.CC1/C=C/CCC(C)CC1.O=CNC(CC(=O)O)C(=O)O. The highest BCUT2D eigenvalue weighted by atomic mass is 16.4. The molecular weight excluding hydrogens is 298 g/mol. The zero-order valence-corrected chi connectivity index (χ0v) is 14.6. The number of nitrogens with one attached hydrogen (secondary N) is 1. The highest BCUT2D eigenvalue weighted by Crippen LogP contribution is 2.20. The van der Waals surface area contributed by atoms with Gasteiger partial charge in [0.2, 0.25) is 6.41 Å². The number of hydrogen-bond acceptors (Lipinski definition) is 3. The van der Waals surface area contributed by atoms with Gasteiger partial charge in [-0.1, -0.05) is 46.3 Å². The van der Waals surface area contributed by atoms with E-state index in [0.717, 1.165) is 11.8 Å². The molecule has 0 aromatic carbocycles. The first-order valence-corrected chi connectivity index (χ1v) is 8.17. The molecule has 0 heterocycles. The van der Waals surface area contributed by atoms with Crippen LogP contribution in [0.15, 0.2) is 12.2 Å². The maximum Gasteiger partial charge on any atom is 0.326 e. The molecule has 0 saturated carbocycles. The van der Waals surface area contributed by atoms with Crippen molar-refractivity contribution in [2.45, 2.75) is 65.8 Å². The monoisotopic (exact) mass is 329 g/mol. The molecule has 3 atom stereocenters. The summed E-state index contributed by atoms with van der Waals surface area (Å²) in [4.78, 5) is 29.8. The normalized spacial score (nSPS) is 22.4. The van der Waals surface area contributed by atoms with Crippen LogP contribution < -0.4 is 5.32 Å². The van der Waals surface area contributed by atoms with E-state index in [1.807, 2.05) is 19.2 Å². The average molecular weight is 329 g/mol. The van der Waals surface area contributed by atoms with Crippen molar-refractivity contribution in [2.24, 2.45) is 11.8 Å². The minimum absolute atomic E-state index is 0.154. The van der Waals surface area contributed by atoms with E-state index < -0.39 is 24.4 Å². The quantitative estimate of drug-likeness (QED) is 0.531. The molecule has 1 amide bonds. The lowest BCUT2D eigenvalue weighted by molar-refractivity contribution is -0.146. The van der Waals surface area contributed by atoms with Crippen molar-refractivity contribution in [3.05, 3.63) is 12.2 Å². The van der Waals surface area contributed by atoms with Crippen LogP contribution in [0.3, 0.4) is 0 Å². The Morgan fingerprint density at radius 1 is 1.22 bits per heavy atom. The van der Waals surface area contributed by atoms with E-state index in [9.17, 15) is 14.4 Å². The number of carbonyl (C=O) groups excluding carboxylic acids is 1. The summed E-state index contributed by atoms with van der Waals surface area (Å²) in [6.07, 6.45) is 9.75. The van der Waals surface area contributed by atoms with Gasteiger partial charge in [-0.05, 0) is 31.1 Å². The summed E-state index contributed by atoms with van der Waals surface area (Å²) in [5.74, 6) is -0.860. The van der Waals surface area contributed by atoms with Gasteiger partial charge in [0.15, 0.2) is 0 Å². The summed E-state index contributed by atoms with van der Waals surface area (Å²) >= 11 is 0. The van der Waals surface area contributed by atoms with Crippen molar-refractivity contribution in [1.29, 1.82) is 0 Å². The summed E-state index contributed by atoms with van der Waals surface area (Å²) in [5, 5.41) is 18.3. The Morgan fingerprint density at radius 3 is 2.30 bits per heavy atom.